The van der Waals surface area contributed by atoms with Gasteiger partial charge in [-0.2, -0.15) is 0 Å². The van der Waals surface area contributed by atoms with Crippen molar-refractivity contribution in [2.24, 2.45) is 0 Å². The summed E-state index contributed by atoms with van der Waals surface area (Å²) in [6.07, 6.45) is -1.13. The molecular weight excluding hydrogens is 268 g/mol. The van der Waals surface area contributed by atoms with Crippen molar-refractivity contribution in [2.75, 3.05) is 6.61 Å². The van der Waals surface area contributed by atoms with Crippen LogP contribution in [-0.2, 0) is 9.53 Å². The SMILES string of the molecule is CCOC(=O)C(O)c1ccc2cc(OC(C)C)ccc2c1. The molecule has 2 rings (SSSR count). The lowest BCUT2D eigenvalue weighted by molar-refractivity contribution is -0.153. The average molecular weight is 288 g/mol. The first kappa shape index (κ1) is 15.3. The first-order valence-corrected chi connectivity index (χ1v) is 7.06. The lowest BCUT2D eigenvalue weighted by Gasteiger charge is -2.12. The second-order valence-electron chi connectivity index (χ2n) is 5.09. The van der Waals surface area contributed by atoms with E-state index in [1.807, 2.05) is 38.1 Å². The summed E-state index contributed by atoms with van der Waals surface area (Å²) in [6.45, 7) is 5.91. The van der Waals surface area contributed by atoms with Crippen LogP contribution < -0.4 is 4.74 Å². The molecule has 0 aliphatic heterocycles. The molecular formula is C17H20O4. The number of aliphatic hydroxyl groups is 1. The Balaban J connectivity index is 2.28. The van der Waals surface area contributed by atoms with Gasteiger partial charge in [-0.15, -0.1) is 0 Å². The van der Waals surface area contributed by atoms with E-state index in [1.165, 1.54) is 0 Å². The predicted molar refractivity (Wildman–Crippen MR) is 81.3 cm³/mol. The Morgan fingerprint density at radius 2 is 1.81 bits per heavy atom. The maximum atomic E-state index is 11.6. The van der Waals surface area contributed by atoms with Crippen molar-refractivity contribution < 1.29 is 19.4 Å². The molecule has 0 saturated carbocycles. The van der Waals surface area contributed by atoms with Crippen LogP contribution in [-0.4, -0.2) is 23.8 Å². The normalized spacial score (nSPS) is 12.4. The van der Waals surface area contributed by atoms with Gasteiger partial charge in [-0.1, -0.05) is 18.2 Å². The molecule has 0 aliphatic carbocycles. The molecule has 0 aromatic heterocycles. The summed E-state index contributed by atoms with van der Waals surface area (Å²) in [5.41, 5.74) is 0.526. The van der Waals surface area contributed by atoms with Crippen LogP contribution in [0.1, 0.15) is 32.4 Å². The first-order valence-electron chi connectivity index (χ1n) is 7.06. The van der Waals surface area contributed by atoms with Crippen LogP contribution in [0.2, 0.25) is 0 Å². The topological polar surface area (TPSA) is 55.8 Å². The van der Waals surface area contributed by atoms with Crippen LogP contribution in [0.3, 0.4) is 0 Å². The summed E-state index contributed by atoms with van der Waals surface area (Å²) in [5.74, 6) is 0.174. The molecule has 4 nitrogen and oxygen atoms in total. The van der Waals surface area contributed by atoms with Gasteiger partial charge in [0.05, 0.1) is 12.7 Å². The Labute approximate surface area is 124 Å². The third-order valence-electron chi connectivity index (χ3n) is 3.03. The van der Waals surface area contributed by atoms with E-state index in [2.05, 4.69) is 0 Å². The highest BCUT2D eigenvalue weighted by Crippen LogP contribution is 2.25. The number of hydrogen-bond donors (Lipinski definition) is 1. The van der Waals surface area contributed by atoms with Gasteiger partial charge in [0.15, 0.2) is 6.10 Å². The molecule has 1 N–H and O–H groups in total. The molecule has 0 amide bonds. The maximum absolute atomic E-state index is 11.6. The minimum Gasteiger partial charge on any atom is -0.491 e. The predicted octanol–water partition coefficient (Wildman–Crippen LogP) is 3.22. The molecule has 0 saturated heterocycles. The molecule has 1 atom stereocenters. The van der Waals surface area contributed by atoms with Crippen molar-refractivity contribution in [1.82, 2.24) is 0 Å². The van der Waals surface area contributed by atoms with Gasteiger partial charge in [-0.05, 0) is 55.3 Å². The van der Waals surface area contributed by atoms with Gasteiger partial charge >= 0.3 is 5.97 Å². The fourth-order valence-corrected chi connectivity index (χ4v) is 2.12. The maximum Gasteiger partial charge on any atom is 0.339 e. The van der Waals surface area contributed by atoms with Crippen molar-refractivity contribution in [3.63, 3.8) is 0 Å². The highest BCUT2D eigenvalue weighted by molar-refractivity contribution is 5.86. The number of carbonyl (C=O) groups is 1. The quantitative estimate of drug-likeness (QED) is 0.858. The summed E-state index contributed by atoms with van der Waals surface area (Å²) < 4.78 is 10.5. The Bertz CT molecular complexity index is 634. The molecule has 21 heavy (non-hydrogen) atoms. The van der Waals surface area contributed by atoms with E-state index in [0.717, 1.165) is 16.5 Å². The van der Waals surface area contributed by atoms with Gasteiger partial charge in [0.2, 0.25) is 0 Å². The third-order valence-corrected chi connectivity index (χ3v) is 3.03. The number of fused-ring (bicyclic) bond motifs is 1. The van der Waals surface area contributed by atoms with Crippen molar-refractivity contribution in [1.29, 1.82) is 0 Å². The zero-order chi connectivity index (χ0) is 15.4. The van der Waals surface area contributed by atoms with Crippen LogP contribution in [0.5, 0.6) is 5.75 Å². The highest BCUT2D eigenvalue weighted by atomic mass is 16.5. The van der Waals surface area contributed by atoms with E-state index in [1.54, 1.807) is 19.1 Å². The third kappa shape index (κ3) is 3.73. The zero-order valence-corrected chi connectivity index (χ0v) is 12.5. The summed E-state index contributed by atoms with van der Waals surface area (Å²) in [4.78, 5) is 11.6. The number of rotatable bonds is 5. The molecule has 0 fully saturated rings. The number of hydrogen-bond acceptors (Lipinski definition) is 4. The smallest absolute Gasteiger partial charge is 0.339 e. The Hall–Kier alpha value is -2.07. The highest BCUT2D eigenvalue weighted by Gasteiger charge is 2.18. The number of aliphatic hydroxyl groups excluding tert-OH is 1. The Morgan fingerprint density at radius 1 is 1.14 bits per heavy atom. The van der Waals surface area contributed by atoms with Gasteiger partial charge in [-0.3, -0.25) is 0 Å². The van der Waals surface area contributed by atoms with Crippen molar-refractivity contribution in [2.45, 2.75) is 33.0 Å². The number of ether oxygens (including phenoxy) is 2. The first-order chi connectivity index (χ1) is 10.0. The van der Waals surface area contributed by atoms with Crippen LogP contribution in [0.25, 0.3) is 10.8 Å². The standard InChI is InChI=1S/C17H20O4/c1-4-20-17(19)16(18)14-6-5-13-10-15(21-11(2)3)8-7-12(13)9-14/h5-11,16,18H,4H2,1-3H3. The van der Waals surface area contributed by atoms with Gasteiger partial charge in [0, 0.05) is 0 Å². The molecule has 0 spiro atoms. The van der Waals surface area contributed by atoms with Gasteiger partial charge in [0.1, 0.15) is 5.75 Å². The van der Waals surface area contributed by atoms with E-state index in [4.69, 9.17) is 9.47 Å². The van der Waals surface area contributed by atoms with Crippen LogP contribution >= 0.6 is 0 Å². The van der Waals surface area contributed by atoms with Gasteiger partial charge in [-0.25, -0.2) is 4.79 Å². The van der Waals surface area contributed by atoms with Crippen LogP contribution in [0.15, 0.2) is 36.4 Å². The van der Waals surface area contributed by atoms with E-state index < -0.39 is 12.1 Å². The monoisotopic (exact) mass is 288 g/mol. The summed E-state index contributed by atoms with van der Waals surface area (Å²) in [5, 5.41) is 11.9. The van der Waals surface area contributed by atoms with E-state index in [9.17, 15) is 9.90 Å². The number of carbonyl (C=O) groups excluding carboxylic acids is 1. The average Bonchev–Trinajstić information content (AvgIpc) is 2.45. The molecule has 0 radical (unpaired) electrons. The molecule has 1 unspecified atom stereocenters. The molecule has 0 aliphatic rings. The van der Waals surface area contributed by atoms with Crippen LogP contribution in [0.4, 0.5) is 0 Å². The molecule has 4 heteroatoms. The summed E-state index contributed by atoms with van der Waals surface area (Å²) in [7, 11) is 0. The fourth-order valence-electron chi connectivity index (χ4n) is 2.12. The van der Waals surface area contributed by atoms with Gasteiger partial charge in [0.25, 0.3) is 0 Å². The van der Waals surface area contributed by atoms with E-state index >= 15 is 0 Å². The second-order valence-corrected chi connectivity index (χ2v) is 5.09. The minimum absolute atomic E-state index is 0.118. The van der Waals surface area contributed by atoms with Crippen LogP contribution in [0, 0.1) is 0 Å². The van der Waals surface area contributed by atoms with E-state index in [-0.39, 0.29) is 12.7 Å². The van der Waals surface area contributed by atoms with Crippen molar-refractivity contribution in [3.05, 3.63) is 42.0 Å². The molecule has 2 aromatic carbocycles. The number of benzene rings is 2. The number of esters is 1. The Kier molecular flexibility index (Phi) is 4.81. The van der Waals surface area contributed by atoms with E-state index in [0.29, 0.717) is 5.56 Å². The van der Waals surface area contributed by atoms with Crippen molar-refractivity contribution in [3.8, 4) is 5.75 Å². The Morgan fingerprint density at radius 3 is 2.48 bits per heavy atom. The molecule has 0 heterocycles. The lowest BCUT2D eigenvalue weighted by atomic mass is 10.0. The lowest BCUT2D eigenvalue weighted by Crippen LogP contribution is -2.15. The largest absolute Gasteiger partial charge is 0.491 e. The molecule has 112 valence electrons. The molecule has 0 bridgehead atoms. The minimum atomic E-state index is -1.25. The molecule has 2 aromatic rings. The summed E-state index contributed by atoms with van der Waals surface area (Å²) in [6, 6.07) is 11.1. The zero-order valence-electron chi connectivity index (χ0n) is 12.5. The second kappa shape index (κ2) is 6.59. The van der Waals surface area contributed by atoms with Crippen molar-refractivity contribution >= 4 is 16.7 Å². The summed E-state index contributed by atoms with van der Waals surface area (Å²) >= 11 is 0. The van der Waals surface area contributed by atoms with Gasteiger partial charge < -0.3 is 14.6 Å². The fraction of sp³-hybridized carbons (Fsp3) is 0.353.